The van der Waals surface area contributed by atoms with Gasteiger partial charge in [0.1, 0.15) is 5.82 Å². The van der Waals surface area contributed by atoms with Gasteiger partial charge in [0.15, 0.2) is 5.69 Å². The van der Waals surface area contributed by atoms with E-state index in [1.807, 2.05) is 13.8 Å². The minimum absolute atomic E-state index is 0.0982. The fourth-order valence-corrected chi connectivity index (χ4v) is 2.14. The van der Waals surface area contributed by atoms with Gasteiger partial charge >= 0.3 is 0 Å². The van der Waals surface area contributed by atoms with Crippen LogP contribution in [-0.4, -0.2) is 47.1 Å². The summed E-state index contributed by atoms with van der Waals surface area (Å²) in [7, 11) is 1.76. The molecule has 1 saturated heterocycles. The molecule has 1 fully saturated rings. The van der Waals surface area contributed by atoms with Gasteiger partial charge < -0.3 is 9.64 Å². The van der Waals surface area contributed by atoms with Gasteiger partial charge in [0.05, 0.1) is 23.9 Å². The Hall–Kier alpha value is -1.20. The molecule has 1 amide bonds. The Bertz CT molecular complexity index is 473. The van der Waals surface area contributed by atoms with Gasteiger partial charge in [-0.15, -0.1) is 0 Å². The first-order chi connectivity index (χ1) is 9.00. The zero-order chi connectivity index (χ0) is 14.0. The molecule has 0 aromatic carbocycles. The van der Waals surface area contributed by atoms with Gasteiger partial charge in [-0.2, -0.15) is 0 Å². The highest BCUT2D eigenvalue weighted by Crippen LogP contribution is 2.20. The summed E-state index contributed by atoms with van der Waals surface area (Å²) >= 11 is 6.04. The number of carbonyl (C=O) groups is 1. The molecule has 0 bridgehead atoms. The summed E-state index contributed by atoms with van der Waals surface area (Å²) < 4.78 is 5.30. The summed E-state index contributed by atoms with van der Waals surface area (Å²) in [5.41, 5.74) is 0.273. The molecule has 0 N–H and O–H groups in total. The molecule has 0 spiro atoms. The Morgan fingerprint density at radius 1 is 1.58 bits per heavy atom. The number of aromatic nitrogens is 2. The summed E-state index contributed by atoms with van der Waals surface area (Å²) in [6.45, 7) is 5.22. The molecule has 1 atom stereocenters. The maximum Gasteiger partial charge on any atom is 0.274 e. The van der Waals surface area contributed by atoms with Crippen LogP contribution in [0.15, 0.2) is 6.20 Å². The lowest BCUT2D eigenvalue weighted by Crippen LogP contribution is -2.38. The molecule has 19 heavy (non-hydrogen) atoms. The Labute approximate surface area is 117 Å². The first-order valence-corrected chi connectivity index (χ1v) is 6.76. The summed E-state index contributed by atoms with van der Waals surface area (Å²) in [5, 5.41) is 0.292. The van der Waals surface area contributed by atoms with Crippen LogP contribution in [0.25, 0.3) is 0 Å². The summed E-state index contributed by atoms with van der Waals surface area (Å²) in [5.74, 6) is 0.609. The molecular formula is C13H18ClN3O2. The predicted octanol–water partition coefficient (Wildman–Crippen LogP) is 2.11. The number of likely N-dealkylation sites (N-methyl/N-ethyl adjacent to an activating group) is 1. The van der Waals surface area contributed by atoms with Gasteiger partial charge in [-0.1, -0.05) is 25.4 Å². The van der Waals surface area contributed by atoms with E-state index in [9.17, 15) is 4.79 Å². The fraction of sp³-hybridized carbons (Fsp3) is 0.615. The van der Waals surface area contributed by atoms with Crippen molar-refractivity contribution in [3.63, 3.8) is 0 Å². The topological polar surface area (TPSA) is 55.3 Å². The highest BCUT2D eigenvalue weighted by Gasteiger charge is 2.27. The van der Waals surface area contributed by atoms with E-state index < -0.39 is 0 Å². The van der Waals surface area contributed by atoms with E-state index in [0.717, 1.165) is 6.42 Å². The second kappa shape index (κ2) is 5.84. The van der Waals surface area contributed by atoms with Crippen LogP contribution in [-0.2, 0) is 4.74 Å². The summed E-state index contributed by atoms with van der Waals surface area (Å²) in [6, 6.07) is 0.0982. The monoisotopic (exact) mass is 283 g/mol. The number of halogens is 1. The SMILES string of the molecule is CC(C)c1ncc(Cl)c(C(=O)N(C)C2CCOC2)n1. The third kappa shape index (κ3) is 3.04. The zero-order valence-electron chi connectivity index (χ0n) is 11.4. The van der Waals surface area contributed by atoms with Crippen molar-refractivity contribution in [2.24, 2.45) is 0 Å². The third-order valence-corrected chi connectivity index (χ3v) is 3.53. The number of hydrogen-bond acceptors (Lipinski definition) is 4. The van der Waals surface area contributed by atoms with E-state index in [4.69, 9.17) is 16.3 Å². The molecule has 2 rings (SSSR count). The van der Waals surface area contributed by atoms with E-state index in [2.05, 4.69) is 9.97 Å². The molecule has 1 unspecified atom stereocenters. The average molecular weight is 284 g/mol. The molecule has 1 aromatic heterocycles. The molecule has 104 valence electrons. The standard InChI is InChI=1S/C13H18ClN3O2/c1-8(2)12-15-6-10(14)11(16-12)13(18)17(3)9-4-5-19-7-9/h6,8-9H,4-5,7H2,1-3H3. The predicted molar refractivity (Wildman–Crippen MR) is 72.4 cm³/mol. The molecule has 0 saturated carbocycles. The van der Waals surface area contributed by atoms with Crippen LogP contribution in [0.1, 0.15) is 42.5 Å². The highest BCUT2D eigenvalue weighted by molar-refractivity contribution is 6.33. The maximum atomic E-state index is 12.4. The van der Waals surface area contributed by atoms with Crippen molar-refractivity contribution in [3.8, 4) is 0 Å². The van der Waals surface area contributed by atoms with Crippen LogP contribution in [0.2, 0.25) is 5.02 Å². The van der Waals surface area contributed by atoms with Crippen molar-refractivity contribution >= 4 is 17.5 Å². The minimum atomic E-state index is -0.176. The third-order valence-electron chi connectivity index (χ3n) is 3.26. The Balaban J connectivity index is 2.24. The van der Waals surface area contributed by atoms with E-state index in [1.165, 1.54) is 6.20 Å². The van der Waals surface area contributed by atoms with Crippen LogP contribution >= 0.6 is 11.6 Å². The molecule has 1 aromatic rings. The van der Waals surface area contributed by atoms with Gasteiger partial charge in [0.2, 0.25) is 0 Å². The van der Waals surface area contributed by atoms with Crippen LogP contribution in [0.5, 0.6) is 0 Å². The molecule has 0 radical (unpaired) electrons. The van der Waals surface area contributed by atoms with Crippen molar-refractivity contribution in [2.45, 2.75) is 32.2 Å². The lowest BCUT2D eigenvalue weighted by molar-refractivity contribution is 0.0705. The van der Waals surface area contributed by atoms with Gasteiger partial charge in [0.25, 0.3) is 5.91 Å². The second-order valence-electron chi connectivity index (χ2n) is 5.01. The summed E-state index contributed by atoms with van der Waals surface area (Å²) in [6.07, 6.45) is 2.35. The number of amides is 1. The smallest absolute Gasteiger partial charge is 0.274 e. The number of rotatable bonds is 3. The molecule has 0 aliphatic carbocycles. The molecule has 1 aliphatic heterocycles. The second-order valence-corrected chi connectivity index (χ2v) is 5.42. The lowest BCUT2D eigenvalue weighted by atomic mass is 10.2. The Morgan fingerprint density at radius 3 is 2.89 bits per heavy atom. The van der Waals surface area contributed by atoms with Gasteiger partial charge in [-0.05, 0) is 6.42 Å². The number of carbonyl (C=O) groups excluding carboxylic acids is 1. The van der Waals surface area contributed by atoms with E-state index in [-0.39, 0.29) is 23.6 Å². The Kier molecular flexibility index (Phi) is 4.37. The van der Waals surface area contributed by atoms with Gasteiger partial charge in [-0.3, -0.25) is 4.79 Å². The van der Waals surface area contributed by atoms with Crippen molar-refractivity contribution in [1.82, 2.24) is 14.9 Å². The molecule has 2 heterocycles. The van der Waals surface area contributed by atoms with Crippen molar-refractivity contribution < 1.29 is 9.53 Å². The summed E-state index contributed by atoms with van der Waals surface area (Å²) in [4.78, 5) is 22.5. The fourth-order valence-electron chi connectivity index (χ4n) is 1.97. The van der Waals surface area contributed by atoms with Crippen molar-refractivity contribution in [2.75, 3.05) is 20.3 Å². The van der Waals surface area contributed by atoms with Crippen LogP contribution in [0, 0.1) is 0 Å². The minimum Gasteiger partial charge on any atom is -0.379 e. The van der Waals surface area contributed by atoms with E-state index in [0.29, 0.717) is 24.1 Å². The quantitative estimate of drug-likeness (QED) is 0.853. The average Bonchev–Trinajstić information content (AvgIpc) is 2.91. The largest absolute Gasteiger partial charge is 0.379 e. The van der Waals surface area contributed by atoms with Crippen molar-refractivity contribution in [3.05, 3.63) is 22.7 Å². The normalized spacial score (nSPS) is 18.9. The molecule has 1 aliphatic rings. The lowest BCUT2D eigenvalue weighted by Gasteiger charge is -2.23. The zero-order valence-corrected chi connectivity index (χ0v) is 12.1. The number of nitrogens with zero attached hydrogens (tertiary/aromatic N) is 3. The Morgan fingerprint density at radius 2 is 2.32 bits per heavy atom. The van der Waals surface area contributed by atoms with Crippen molar-refractivity contribution in [1.29, 1.82) is 0 Å². The molecule has 5 nitrogen and oxygen atoms in total. The van der Waals surface area contributed by atoms with Gasteiger partial charge in [0, 0.05) is 19.6 Å². The molecular weight excluding hydrogens is 266 g/mol. The van der Waals surface area contributed by atoms with Crippen LogP contribution in [0.4, 0.5) is 0 Å². The van der Waals surface area contributed by atoms with Crippen LogP contribution < -0.4 is 0 Å². The maximum absolute atomic E-state index is 12.4. The highest BCUT2D eigenvalue weighted by atomic mass is 35.5. The number of hydrogen-bond donors (Lipinski definition) is 0. The van der Waals surface area contributed by atoms with Gasteiger partial charge in [-0.25, -0.2) is 9.97 Å². The first kappa shape index (κ1) is 14.2. The van der Waals surface area contributed by atoms with E-state index in [1.54, 1.807) is 11.9 Å². The number of ether oxygens (including phenoxy) is 1. The van der Waals surface area contributed by atoms with Crippen LogP contribution in [0.3, 0.4) is 0 Å². The van der Waals surface area contributed by atoms with E-state index >= 15 is 0 Å². The first-order valence-electron chi connectivity index (χ1n) is 6.38. The molecule has 6 heteroatoms.